The van der Waals surface area contributed by atoms with Crippen LogP contribution in [0.25, 0.3) is 0 Å². The summed E-state index contributed by atoms with van der Waals surface area (Å²) in [6, 6.07) is 5.56. The van der Waals surface area contributed by atoms with E-state index >= 15 is 0 Å². The number of hydrogen-bond acceptors (Lipinski definition) is 3. The normalized spacial score (nSPS) is 16.2. The van der Waals surface area contributed by atoms with Crippen molar-refractivity contribution < 1.29 is 9.59 Å². The maximum Gasteiger partial charge on any atom is 0.217 e. The first-order valence-electron chi connectivity index (χ1n) is 6.37. The molecule has 0 unspecified atom stereocenters. The fourth-order valence-electron chi connectivity index (χ4n) is 2.50. The number of halogens is 1. The lowest BCUT2D eigenvalue weighted by Gasteiger charge is -2.34. The number of amides is 1. The molecule has 0 radical (unpaired) electrons. The van der Waals surface area contributed by atoms with Crippen molar-refractivity contribution in [3.63, 3.8) is 0 Å². The summed E-state index contributed by atoms with van der Waals surface area (Å²) in [4.78, 5) is 24.2. The second-order valence-electron chi connectivity index (χ2n) is 4.76. The van der Waals surface area contributed by atoms with Crippen LogP contribution in [0.1, 0.15) is 30.1 Å². The molecule has 1 amide bonds. The second kappa shape index (κ2) is 6.06. The number of nitrogens with zero attached hydrogens (tertiary/aromatic N) is 1. The van der Waals surface area contributed by atoms with Crippen LogP contribution in [-0.4, -0.2) is 31.3 Å². The molecule has 102 valence electrons. The van der Waals surface area contributed by atoms with Gasteiger partial charge in [0.05, 0.1) is 10.7 Å². The van der Waals surface area contributed by atoms with Gasteiger partial charge in [-0.25, -0.2) is 0 Å². The Morgan fingerprint density at radius 3 is 2.68 bits per heavy atom. The molecule has 19 heavy (non-hydrogen) atoms. The Morgan fingerprint density at radius 2 is 2.11 bits per heavy atom. The molecule has 1 aliphatic rings. The summed E-state index contributed by atoms with van der Waals surface area (Å²) < 4.78 is 0. The van der Waals surface area contributed by atoms with Gasteiger partial charge >= 0.3 is 0 Å². The average Bonchev–Trinajstić information content (AvgIpc) is 2.39. The Balaban J connectivity index is 2.09. The molecule has 1 N–H and O–H groups in total. The first-order valence-corrected chi connectivity index (χ1v) is 6.75. The molecule has 0 atom stereocenters. The van der Waals surface area contributed by atoms with E-state index in [2.05, 4.69) is 10.2 Å². The minimum absolute atomic E-state index is 0.00442. The van der Waals surface area contributed by atoms with Crippen molar-refractivity contribution in [2.75, 3.05) is 18.0 Å². The molecule has 0 bridgehead atoms. The van der Waals surface area contributed by atoms with Gasteiger partial charge in [-0.15, -0.1) is 0 Å². The Kier molecular flexibility index (Phi) is 4.43. The van der Waals surface area contributed by atoms with Gasteiger partial charge in [-0.1, -0.05) is 17.7 Å². The monoisotopic (exact) mass is 280 g/mol. The van der Waals surface area contributed by atoms with Crippen molar-refractivity contribution in [1.82, 2.24) is 5.32 Å². The standard InChI is InChI=1S/C14H17ClN2O2/c1-10(19)16-12-5-7-17(8-6-12)14-11(9-18)3-2-4-13(14)15/h2-4,9,12H,5-8H2,1H3,(H,16,19). The number of hydrogen-bond donors (Lipinski definition) is 1. The fraction of sp³-hybridized carbons (Fsp3) is 0.429. The van der Waals surface area contributed by atoms with E-state index in [1.54, 1.807) is 18.2 Å². The average molecular weight is 281 g/mol. The van der Waals surface area contributed by atoms with E-state index in [1.807, 2.05) is 0 Å². The summed E-state index contributed by atoms with van der Waals surface area (Å²) >= 11 is 6.19. The highest BCUT2D eigenvalue weighted by Gasteiger charge is 2.22. The molecule has 5 heteroatoms. The van der Waals surface area contributed by atoms with Gasteiger partial charge in [-0.05, 0) is 25.0 Å². The lowest BCUT2D eigenvalue weighted by Crippen LogP contribution is -2.44. The van der Waals surface area contributed by atoms with Crippen LogP contribution in [0.2, 0.25) is 5.02 Å². The number of piperidine rings is 1. The molecule has 1 saturated heterocycles. The predicted octanol–water partition coefficient (Wildman–Crippen LogP) is 2.26. The number of benzene rings is 1. The predicted molar refractivity (Wildman–Crippen MR) is 75.9 cm³/mol. The topological polar surface area (TPSA) is 49.4 Å². The molecule has 1 fully saturated rings. The highest BCUT2D eigenvalue weighted by molar-refractivity contribution is 6.33. The summed E-state index contributed by atoms with van der Waals surface area (Å²) in [6.07, 6.45) is 2.56. The number of rotatable bonds is 3. The van der Waals surface area contributed by atoms with E-state index in [0.717, 1.165) is 37.9 Å². The summed E-state index contributed by atoms with van der Waals surface area (Å²) in [5.74, 6) is 0.00442. The van der Waals surface area contributed by atoms with Crippen LogP contribution in [0.3, 0.4) is 0 Å². The summed E-state index contributed by atoms with van der Waals surface area (Å²) in [6.45, 7) is 3.11. The van der Waals surface area contributed by atoms with E-state index in [4.69, 9.17) is 11.6 Å². The zero-order chi connectivity index (χ0) is 13.8. The fourth-order valence-corrected chi connectivity index (χ4v) is 2.80. The zero-order valence-electron chi connectivity index (χ0n) is 10.9. The highest BCUT2D eigenvalue weighted by Crippen LogP contribution is 2.31. The quantitative estimate of drug-likeness (QED) is 0.864. The Morgan fingerprint density at radius 1 is 1.42 bits per heavy atom. The van der Waals surface area contributed by atoms with Gasteiger partial charge in [0.1, 0.15) is 0 Å². The van der Waals surface area contributed by atoms with Crippen LogP contribution >= 0.6 is 11.6 Å². The van der Waals surface area contributed by atoms with E-state index < -0.39 is 0 Å². The maximum absolute atomic E-state index is 11.1. The minimum atomic E-state index is 0.00442. The van der Waals surface area contributed by atoms with Gasteiger partial charge in [0, 0.05) is 31.6 Å². The number of carbonyl (C=O) groups is 2. The van der Waals surface area contributed by atoms with Gasteiger partial charge in [0.15, 0.2) is 6.29 Å². The first-order chi connectivity index (χ1) is 9.11. The van der Waals surface area contributed by atoms with Gasteiger partial charge in [-0.2, -0.15) is 0 Å². The van der Waals surface area contributed by atoms with Crippen LogP contribution in [0, 0.1) is 0 Å². The molecule has 1 aliphatic heterocycles. The number of carbonyl (C=O) groups excluding carboxylic acids is 2. The first kappa shape index (κ1) is 13.9. The number of para-hydroxylation sites is 1. The zero-order valence-corrected chi connectivity index (χ0v) is 11.6. The Labute approximate surface area is 117 Å². The van der Waals surface area contributed by atoms with Crippen molar-refractivity contribution in [2.45, 2.75) is 25.8 Å². The Bertz CT molecular complexity index is 482. The third kappa shape index (κ3) is 3.26. The smallest absolute Gasteiger partial charge is 0.217 e. The molecule has 0 spiro atoms. The minimum Gasteiger partial charge on any atom is -0.370 e. The molecule has 4 nitrogen and oxygen atoms in total. The van der Waals surface area contributed by atoms with Gasteiger partial charge in [-0.3, -0.25) is 9.59 Å². The molecular weight excluding hydrogens is 264 g/mol. The number of nitrogens with one attached hydrogen (secondary N) is 1. The lowest BCUT2D eigenvalue weighted by molar-refractivity contribution is -0.119. The molecule has 1 aromatic carbocycles. The lowest BCUT2D eigenvalue weighted by atomic mass is 10.0. The molecule has 1 aromatic rings. The number of aldehydes is 1. The van der Waals surface area contributed by atoms with Crippen molar-refractivity contribution in [3.8, 4) is 0 Å². The summed E-state index contributed by atoms with van der Waals surface area (Å²) in [5, 5.41) is 3.53. The summed E-state index contributed by atoms with van der Waals surface area (Å²) in [7, 11) is 0. The van der Waals surface area contributed by atoms with Crippen LogP contribution in [0.4, 0.5) is 5.69 Å². The van der Waals surface area contributed by atoms with Crippen LogP contribution in [-0.2, 0) is 4.79 Å². The van der Waals surface area contributed by atoms with E-state index in [0.29, 0.717) is 10.6 Å². The van der Waals surface area contributed by atoms with Crippen molar-refractivity contribution in [3.05, 3.63) is 28.8 Å². The third-order valence-electron chi connectivity index (χ3n) is 3.36. The van der Waals surface area contributed by atoms with Crippen molar-refractivity contribution in [1.29, 1.82) is 0 Å². The van der Waals surface area contributed by atoms with E-state index in [1.165, 1.54) is 6.92 Å². The van der Waals surface area contributed by atoms with E-state index in [-0.39, 0.29) is 11.9 Å². The molecule has 1 heterocycles. The summed E-state index contributed by atoms with van der Waals surface area (Å²) in [5.41, 5.74) is 1.42. The van der Waals surface area contributed by atoms with Gasteiger partial charge in [0.2, 0.25) is 5.91 Å². The van der Waals surface area contributed by atoms with Crippen LogP contribution in [0.5, 0.6) is 0 Å². The molecule has 0 aliphatic carbocycles. The van der Waals surface area contributed by atoms with Crippen molar-refractivity contribution in [2.24, 2.45) is 0 Å². The largest absolute Gasteiger partial charge is 0.370 e. The van der Waals surface area contributed by atoms with Crippen LogP contribution < -0.4 is 10.2 Å². The molecule has 0 saturated carbocycles. The SMILES string of the molecule is CC(=O)NC1CCN(c2c(Cl)cccc2C=O)CC1. The maximum atomic E-state index is 11.1. The third-order valence-corrected chi connectivity index (χ3v) is 3.67. The van der Waals surface area contributed by atoms with E-state index in [9.17, 15) is 9.59 Å². The number of anilines is 1. The second-order valence-corrected chi connectivity index (χ2v) is 5.16. The Hall–Kier alpha value is -1.55. The van der Waals surface area contributed by atoms with Gasteiger partial charge < -0.3 is 10.2 Å². The molecule has 2 rings (SSSR count). The molecular formula is C14H17ClN2O2. The molecule has 0 aromatic heterocycles. The highest BCUT2D eigenvalue weighted by atomic mass is 35.5. The van der Waals surface area contributed by atoms with Gasteiger partial charge in [0.25, 0.3) is 0 Å². The van der Waals surface area contributed by atoms with Crippen LogP contribution in [0.15, 0.2) is 18.2 Å². The van der Waals surface area contributed by atoms with Crippen molar-refractivity contribution >= 4 is 29.5 Å².